The third-order valence-electron chi connectivity index (χ3n) is 5.32. The maximum absolute atomic E-state index is 12.6. The van der Waals surface area contributed by atoms with Crippen LogP contribution < -0.4 is 0 Å². The second-order valence-corrected chi connectivity index (χ2v) is 8.49. The molecule has 28 heavy (non-hydrogen) atoms. The molecule has 1 unspecified atom stereocenters. The number of hydrogen-bond acceptors (Lipinski definition) is 5. The lowest BCUT2D eigenvalue weighted by molar-refractivity contribution is -0.118. The first kappa shape index (κ1) is 18.9. The average Bonchev–Trinajstić information content (AvgIpc) is 3.02. The van der Waals surface area contributed by atoms with Crippen LogP contribution in [0.15, 0.2) is 47.9 Å². The van der Waals surface area contributed by atoms with E-state index in [1.807, 2.05) is 12.1 Å². The Morgan fingerprint density at radius 3 is 2.61 bits per heavy atom. The topological polar surface area (TPSA) is 60.7 Å². The van der Waals surface area contributed by atoms with Gasteiger partial charge in [-0.2, -0.15) is 0 Å². The van der Waals surface area contributed by atoms with Gasteiger partial charge in [0, 0.05) is 24.4 Å². The summed E-state index contributed by atoms with van der Waals surface area (Å²) in [4.78, 5) is 16.7. The largest absolute Gasteiger partial charge is 0.298 e. The van der Waals surface area contributed by atoms with Crippen molar-refractivity contribution in [2.75, 3.05) is 0 Å². The molecule has 0 saturated heterocycles. The standard InChI is InChI=1S/C22H24N4OS/c1-15-8-9-18(14-16(15)2)26-21(17-10-12-23-13-11-17)24-25-22(26)28-20-7-5-3-4-6-19(20)27/h8-14,20H,3-7H2,1-2H3. The first-order chi connectivity index (χ1) is 13.6. The van der Waals surface area contributed by atoms with E-state index in [1.54, 1.807) is 24.2 Å². The van der Waals surface area contributed by atoms with E-state index < -0.39 is 0 Å². The summed E-state index contributed by atoms with van der Waals surface area (Å²) < 4.78 is 2.07. The molecule has 1 fully saturated rings. The predicted octanol–water partition coefficient (Wildman–Crippen LogP) is 4.94. The molecule has 1 aliphatic rings. The summed E-state index contributed by atoms with van der Waals surface area (Å²) in [5.74, 6) is 1.11. The number of pyridine rings is 1. The van der Waals surface area contributed by atoms with Crippen molar-refractivity contribution in [1.29, 1.82) is 0 Å². The highest BCUT2D eigenvalue weighted by Crippen LogP contribution is 2.34. The van der Waals surface area contributed by atoms with Gasteiger partial charge in [-0.1, -0.05) is 30.7 Å². The van der Waals surface area contributed by atoms with Crippen LogP contribution in [0.3, 0.4) is 0 Å². The number of ketones is 1. The monoisotopic (exact) mass is 392 g/mol. The van der Waals surface area contributed by atoms with Gasteiger partial charge < -0.3 is 0 Å². The zero-order valence-electron chi connectivity index (χ0n) is 16.3. The first-order valence-corrected chi connectivity index (χ1v) is 10.6. The lowest BCUT2D eigenvalue weighted by Crippen LogP contribution is -2.16. The van der Waals surface area contributed by atoms with Crippen LogP contribution >= 0.6 is 11.8 Å². The molecule has 0 amide bonds. The Labute approximate surface area is 169 Å². The number of nitrogens with zero attached hydrogens (tertiary/aromatic N) is 4. The summed E-state index contributed by atoms with van der Waals surface area (Å²) in [6, 6.07) is 10.2. The Morgan fingerprint density at radius 2 is 1.82 bits per heavy atom. The van der Waals surface area contributed by atoms with Gasteiger partial charge in [0.2, 0.25) is 0 Å². The number of thioether (sulfide) groups is 1. The summed E-state index contributed by atoms with van der Waals surface area (Å²) in [6.45, 7) is 4.21. The van der Waals surface area contributed by atoms with Crippen LogP contribution in [0.2, 0.25) is 0 Å². The zero-order chi connectivity index (χ0) is 19.5. The molecule has 0 N–H and O–H groups in total. The van der Waals surface area contributed by atoms with Crippen LogP contribution in [0.5, 0.6) is 0 Å². The second kappa shape index (κ2) is 8.27. The molecule has 4 rings (SSSR count). The van der Waals surface area contributed by atoms with Crippen molar-refractivity contribution >= 4 is 17.5 Å². The normalized spacial score (nSPS) is 17.5. The van der Waals surface area contributed by atoms with E-state index in [9.17, 15) is 4.79 Å². The SMILES string of the molecule is Cc1ccc(-n2c(SC3CCCCCC3=O)nnc2-c2ccncc2)cc1C. The molecular formula is C22H24N4OS. The van der Waals surface area contributed by atoms with Crippen LogP contribution in [-0.2, 0) is 4.79 Å². The third-order valence-corrected chi connectivity index (χ3v) is 6.57. The fourth-order valence-corrected chi connectivity index (χ4v) is 4.68. The molecule has 2 heterocycles. The lowest BCUT2D eigenvalue weighted by atomic mass is 10.1. The molecule has 5 nitrogen and oxygen atoms in total. The fourth-order valence-electron chi connectivity index (χ4n) is 3.51. The Hall–Kier alpha value is -2.47. The quantitative estimate of drug-likeness (QED) is 0.589. The lowest BCUT2D eigenvalue weighted by Gasteiger charge is -2.15. The number of aromatic nitrogens is 4. The van der Waals surface area contributed by atoms with E-state index in [4.69, 9.17) is 0 Å². The highest BCUT2D eigenvalue weighted by Gasteiger charge is 2.26. The van der Waals surface area contributed by atoms with E-state index in [0.717, 1.165) is 47.9 Å². The first-order valence-electron chi connectivity index (χ1n) is 9.76. The van der Waals surface area contributed by atoms with Crippen LogP contribution in [-0.4, -0.2) is 30.8 Å². The maximum atomic E-state index is 12.6. The summed E-state index contributed by atoms with van der Waals surface area (Å²) in [5.41, 5.74) is 4.44. The van der Waals surface area contributed by atoms with E-state index in [-0.39, 0.29) is 5.25 Å². The van der Waals surface area contributed by atoms with Gasteiger partial charge in [0.1, 0.15) is 5.78 Å². The van der Waals surface area contributed by atoms with Gasteiger partial charge in [-0.05, 0) is 62.1 Å². The van der Waals surface area contributed by atoms with Crippen molar-refractivity contribution in [2.24, 2.45) is 0 Å². The molecule has 0 bridgehead atoms. The third kappa shape index (κ3) is 3.87. The van der Waals surface area contributed by atoms with Gasteiger partial charge in [0.25, 0.3) is 0 Å². The number of carbonyl (C=O) groups excluding carboxylic acids is 1. The van der Waals surface area contributed by atoms with Crippen LogP contribution in [0.25, 0.3) is 17.1 Å². The van der Waals surface area contributed by atoms with E-state index in [0.29, 0.717) is 12.2 Å². The van der Waals surface area contributed by atoms with Gasteiger partial charge in [0.05, 0.1) is 10.9 Å². The van der Waals surface area contributed by atoms with Crippen molar-refractivity contribution in [1.82, 2.24) is 19.7 Å². The average molecular weight is 393 g/mol. The van der Waals surface area contributed by atoms with Crippen molar-refractivity contribution in [3.8, 4) is 17.1 Å². The molecule has 144 valence electrons. The Balaban J connectivity index is 1.79. The second-order valence-electron chi connectivity index (χ2n) is 7.32. The van der Waals surface area contributed by atoms with Gasteiger partial charge >= 0.3 is 0 Å². The number of rotatable bonds is 4. The summed E-state index contributed by atoms with van der Waals surface area (Å²) >= 11 is 1.56. The molecule has 1 atom stereocenters. The van der Waals surface area contributed by atoms with Gasteiger partial charge in [-0.3, -0.25) is 14.3 Å². The molecule has 1 aromatic carbocycles. The Bertz CT molecular complexity index is 983. The molecule has 3 aromatic rings. The number of benzene rings is 1. The van der Waals surface area contributed by atoms with Crippen molar-refractivity contribution in [3.05, 3.63) is 53.9 Å². The van der Waals surface area contributed by atoms with Gasteiger partial charge in [-0.25, -0.2) is 0 Å². The molecule has 0 radical (unpaired) electrons. The molecule has 0 aliphatic heterocycles. The van der Waals surface area contributed by atoms with Gasteiger partial charge in [-0.15, -0.1) is 10.2 Å². The number of hydrogen-bond donors (Lipinski definition) is 0. The Kier molecular flexibility index (Phi) is 5.57. The van der Waals surface area contributed by atoms with Crippen molar-refractivity contribution in [3.63, 3.8) is 0 Å². The van der Waals surface area contributed by atoms with Crippen molar-refractivity contribution in [2.45, 2.75) is 56.4 Å². The van der Waals surface area contributed by atoms with Crippen molar-refractivity contribution < 1.29 is 4.79 Å². The smallest absolute Gasteiger partial charge is 0.196 e. The molecule has 1 saturated carbocycles. The van der Waals surface area contributed by atoms with E-state index in [1.165, 1.54) is 11.1 Å². The van der Waals surface area contributed by atoms with E-state index >= 15 is 0 Å². The molecule has 6 heteroatoms. The number of aryl methyl sites for hydroxylation is 2. The highest BCUT2D eigenvalue weighted by atomic mass is 32.2. The maximum Gasteiger partial charge on any atom is 0.196 e. The number of Topliss-reactive ketones (excluding diaryl/α,β-unsaturated/α-hetero) is 1. The summed E-state index contributed by atoms with van der Waals surface area (Å²) in [5, 5.41) is 9.70. The van der Waals surface area contributed by atoms with Gasteiger partial charge in [0.15, 0.2) is 11.0 Å². The molecule has 0 spiro atoms. The fraction of sp³-hybridized carbons (Fsp3) is 0.364. The minimum Gasteiger partial charge on any atom is -0.298 e. The molecule has 2 aromatic heterocycles. The van der Waals surface area contributed by atoms with Crippen LogP contribution in [0, 0.1) is 13.8 Å². The zero-order valence-corrected chi connectivity index (χ0v) is 17.1. The highest BCUT2D eigenvalue weighted by molar-refractivity contribution is 8.00. The summed E-state index contributed by atoms with van der Waals surface area (Å²) in [6.07, 6.45) is 8.34. The molecular weight excluding hydrogens is 368 g/mol. The molecule has 1 aliphatic carbocycles. The summed E-state index contributed by atoms with van der Waals surface area (Å²) in [7, 11) is 0. The minimum absolute atomic E-state index is 0.0396. The van der Waals surface area contributed by atoms with Crippen LogP contribution in [0.4, 0.5) is 0 Å². The number of carbonyl (C=O) groups is 1. The van der Waals surface area contributed by atoms with Crippen LogP contribution in [0.1, 0.15) is 43.2 Å². The Morgan fingerprint density at radius 1 is 1.00 bits per heavy atom. The minimum atomic E-state index is -0.0396. The van der Waals surface area contributed by atoms with E-state index in [2.05, 4.69) is 51.8 Å². The predicted molar refractivity (Wildman–Crippen MR) is 112 cm³/mol.